The first-order valence-electron chi connectivity index (χ1n) is 18.8. The van der Waals surface area contributed by atoms with Gasteiger partial charge in [0.05, 0.1) is 30.6 Å². The molecule has 1 spiro atoms. The van der Waals surface area contributed by atoms with Crippen molar-refractivity contribution in [3.8, 4) is 0 Å². The fraction of sp³-hybridized carbons (Fsp3) is 0.512. The van der Waals surface area contributed by atoms with E-state index in [1.165, 1.54) is 12.0 Å². The molecule has 2 aromatic rings. The monoisotopic (exact) mass is 808 g/mol. The average Bonchev–Trinajstić information content (AvgIpc) is 3.77. The smallest absolute Gasteiger partial charge is 0.313 e. The van der Waals surface area contributed by atoms with Crippen LogP contribution in [0.5, 0.6) is 0 Å². The van der Waals surface area contributed by atoms with E-state index in [-0.39, 0.29) is 55.8 Å². The zero-order valence-corrected chi connectivity index (χ0v) is 33.0. The number of nitrogens with zero attached hydrogens (tertiary/aromatic N) is 3. The van der Waals surface area contributed by atoms with E-state index in [9.17, 15) is 24.3 Å². The second-order valence-electron chi connectivity index (χ2n) is 13.9. The molecule has 0 saturated carbocycles. The predicted octanol–water partition coefficient (Wildman–Crippen LogP) is 4.56. The molecule has 0 radical (unpaired) electrons. The molecule has 5 rings (SSSR count). The molecule has 0 aromatic heterocycles. The van der Waals surface area contributed by atoms with Crippen LogP contribution in [0.15, 0.2) is 79.9 Å². The SMILES string of the molecule is C=CCCC(=O)N[C@H](COC)[C@H](OC(=O)[C@H]1[C@@H]2O[C@@]3(CC2Br)[C@@H]1C(=O)N(CCCO)[C@@H]3C(=O)N(CC=C)c1ccc(N(CC)CC)cc1)c1ccccc1. The number of esters is 1. The number of carbonyl (C=O) groups excluding carboxylic acids is 4. The van der Waals surface area contributed by atoms with E-state index in [4.69, 9.17) is 14.2 Å². The average molecular weight is 810 g/mol. The maximum Gasteiger partial charge on any atom is 0.313 e. The molecule has 3 heterocycles. The maximum absolute atomic E-state index is 14.9. The maximum atomic E-state index is 14.9. The van der Waals surface area contributed by atoms with Gasteiger partial charge in [0.2, 0.25) is 11.8 Å². The highest BCUT2D eigenvalue weighted by Gasteiger charge is 2.77. The lowest BCUT2D eigenvalue weighted by Crippen LogP contribution is -2.57. The predicted molar refractivity (Wildman–Crippen MR) is 210 cm³/mol. The van der Waals surface area contributed by atoms with Gasteiger partial charge in [-0.15, -0.1) is 13.2 Å². The van der Waals surface area contributed by atoms with Gasteiger partial charge in [-0.25, -0.2) is 0 Å². The number of benzene rings is 2. The largest absolute Gasteiger partial charge is 0.455 e. The number of hydrogen-bond donors (Lipinski definition) is 2. The molecular weight excluding hydrogens is 756 g/mol. The molecule has 0 aliphatic carbocycles. The number of methoxy groups -OCH3 is 1. The Morgan fingerprint density at radius 1 is 1.09 bits per heavy atom. The van der Waals surface area contributed by atoms with E-state index in [0.717, 1.165) is 18.8 Å². The molecule has 2 bridgehead atoms. The molecule has 12 nitrogen and oxygen atoms in total. The third kappa shape index (κ3) is 8.14. The van der Waals surface area contributed by atoms with Crippen LogP contribution in [0.3, 0.4) is 0 Å². The number of amides is 3. The number of aliphatic hydroxyl groups is 1. The molecular formula is C41H53BrN4O8. The highest BCUT2D eigenvalue weighted by atomic mass is 79.9. The Kier molecular flexibility index (Phi) is 14.1. The minimum absolute atomic E-state index is 0.0468. The Hall–Kier alpha value is -4.04. The van der Waals surface area contributed by atoms with Gasteiger partial charge in [0, 0.05) is 62.5 Å². The molecule has 2 N–H and O–H groups in total. The highest BCUT2D eigenvalue weighted by molar-refractivity contribution is 9.09. The van der Waals surface area contributed by atoms with Crippen LogP contribution in [0.2, 0.25) is 0 Å². The first-order valence-corrected chi connectivity index (χ1v) is 19.7. The number of carbonyl (C=O) groups is 4. The van der Waals surface area contributed by atoms with Gasteiger partial charge in [-0.2, -0.15) is 0 Å². The third-order valence-electron chi connectivity index (χ3n) is 10.7. The van der Waals surface area contributed by atoms with E-state index in [2.05, 4.69) is 53.2 Å². The lowest BCUT2D eigenvalue weighted by atomic mass is 9.70. The molecule has 3 fully saturated rings. The van der Waals surface area contributed by atoms with Gasteiger partial charge >= 0.3 is 5.97 Å². The summed E-state index contributed by atoms with van der Waals surface area (Å²) >= 11 is 3.74. The molecule has 54 heavy (non-hydrogen) atoms. The van der Waals surface area contributed by atoms with Crippen molar-refractivity contribution in [2.75, 3.05) is 56.3 Å². The third-order valence-corrected chi connectivity index (χ3v) is 11.6. The van der Waals surface area contributed by atoms with Gasteiger partial charge in [-0.1, -0.05) is 58.4 Å². The number of ether oxygens (including phenoxy) is 3. The van der Waals surface area contributed by atoms with Gasteiger partial charge in [-0.3, -0.25) is 19.2 Å². The summed E-state index contributed by atoms with van der Waals surface area (Å²) in [4.78, 5) is 62.0. The lowest BCUT2D eigenvalue weighted by molar-refractivity contribution is -0.163. The molecule has 2 aromatic carbocycles. The molecule has 8 atom stereocenters. The van der Waals surface area contributed by atoms with Crippen LogP contribution < -0.4 is 15.1 Å². The molecule has 3 saturated heterocycles. The van der Waals surface area contributed by atoms with Gasteiger partial charge in [0.25, 0.3) is 5.91 Å². The zero-order valence-electron chi connectivity index (χ0n) is 31.4. The Labute approximate surface area is 326 Å². The summed E-state index contributed by atoms with van der Waals surface area (Å²) in [5, 5.41) is 12.8. The quantitative estimate of drug-likeness (QED) is 0.112. The number of anilines is 2. The fourth-order valence-corrected chi connectivity index (χ4v) is 9.26. The number of hydrogen-bond acceptors (Lipinski definition) is 9. The van der Waals surface area contributed by atoms with Crippen molar-refractivity contribution >= 4 is 51.0 Å². The van der Waals surface area contributed by atoms with Crippen molar-refractivity contribution < 1.29 is 38.5 Å². The molecule has 1 unspecified atom stereocenters. The van der Waals surface area contributed by atoms with Crippen LogP contribution in [0, 0.1) is 11.8 Å². The van der Waals surface area contributed by atoms with Crippen molar-refractivity contribution in [1.82, 2.24) is 10.2 Å². The van der Waals surface area contributed by atoms with E-state index in [1.807, 2.05) is 42.5 Å². The first kappa shape index (κ1) is 41.1. The summed E-state index contributed by atoms with van der Waals surface area (Å²) in [6.45, 7) is 13.5. The molecule has 3 aliphatic rings. The van der Waals surface area contributed by atoms with Crippen LogP contribution in [-0.2, 0) is 33.4 Å². The molecule has 3 amide bonds. The highest BCUT2D eigenvalue weighted by Crippen LogP contribution is 2.60. The second-order valence-corrected chi connectivity index (χ2v) is 15.1. The summed E-state index contributed by atoms with van der Waals surface area (Å²) < 4.78 is 18.5. The minimum atomic E-state index is -1.35. The lowest BCUT2D eigenvalue weighted by Gasteiger charge is -2.37. The van der Waals surface area contributed by atoms with Gasteiger partial charge in [0.1, 0.15) is 17.7 Å². The van der Waals surface area contributed by atoms with Gasteiger partial charge in [-0.05, 0) is 62.9 Å². The second kappa shape index (κ2) is 18.5. The Bertz CT molecular complexity index is 1640. The summed E-state index contributed by atoms with van der Waals surface area (Å²) in [7, 11) is 1.50. The van der Waals surface area contributed by atoms with Crippen LogP contribution in [0.1, 0.15) is 51.2 Å². The topological polar surface area (TPSA) is 138 Å². The van der Waals surface area contributed by atoms with E-state index < -0.39 is 53.6 Å². The number of alkyl halides is 1. The summed E-state index contributed by atoms with van der Waals surface area (Å²) in [6, 6.07) is 14.9. The number of aliphatic hydroxyl groups excluding tert-OH is 1. The number of allylic oxidation sites excluding steroid dienone is 1. The normalized spacial score (nSPS) is 25.1. The number of rotatable bonds is 20. The van der Waals surface area contributed by atoms with E-state index in [0.29, 0.717) is 24.1 Å². The van der Waals surface area contributed by atoms with Crippen LogP contribution in [-0.4, -0.2) is 109 Å². The molecule has 13 heteroatoms. The van der Waals surface area contributed by atoms with E-state index in [1.54, 1.807) is 29.2 Å². The van der Waals surface area contributed by atoms with Gasteiger partial charge in [0.15, 0.2) is 0 Å². The van der Waals surface area contributed by atoms with Crippen molar-refractivity contribution in [3.05, 3.63) is 85.5 Å². The van der Waals surface area contributed by atoms with Crippen LogP contribution >= 0.6 is 15.9 Å². The summed E-state index contributed by atoms with van der Waals surface area (Å²) in [5.74, 6) is -3.77. The van der Waals surface area contributed by atoms with E-state index >= 15 is 0 Å². The van der Waals surface area contributed by atoms with Crippen molar-refractivity contribution in [2.24, 2.45) is 11.8 Å². The Morgan fingerprint density at radius 3 is 2.39 bits per heavy atom. The van der Waals surface area contributed by atoms with Crippen molar-refractivity contribution in [1.29, 1.82) is 0 Å². The Balaban J connectivity index is 1.50. The van der Waals surface area contributed by atoms with Crippen molar-refractivity contribution in [3.63, 3.8) is 0 Å². The first-order chi connectivity index (χ1) is 26.1. The number of nitrogens with one attached hydrogen (secondary N) is 1. The number of fused-ring (bicyclic) bond motifs is 1. The molecule has 292 valence electrons. The van der Waals surface area contributed by atoms with Crippen molar-refractivity contribution in [2.45, 2.75) is 74.3 Å². The van der Waals surface area contributed by atoms with Crippen LogP contribution in [0.25, 0.3) is 0 Å². The number of halogens is 1. The van der Waals surface area contributed by atoms with Gasteiger partial charge < -0.3 is 39.3 Å². The summed E-state index contributed by atoms with van der Waals surface area (Å²) in [6.07, 6.45) is 2.77. The minimum Gasteiger partial charge on any atom is -0.455 e. The standard InChI is InChI=1S/C41H53BrN4O8/c1-6-10-17-32(48)43-31(26-52-5)35(27-15-12-11-13-16-27)53-40(51)33-34-38(49)46(23-14-24-47)37(41(34)25-30(42)36(33)54-41)39(50)45(22-7-2)29-20-18-28(19-21-29)44(8-3)9-4/h6-7,11-13,15-16,18-21,30-31,33-37,47H,1-2,8-10,14,17,22-26H2,3-5H3,(H,43,48)/t30?,31-,33-,34+,35-,36-,37-,41+/m1/s1. The Morgan fingerprint density at radius 2 is 1.78 bits per heavy atom. The number of likely N-dealkylation sites (tertiary alicyclic amines) is 1. The van der Waals surface area contributed by atoms with Crippen LogP contribution in [0.4, 0.5) is 11.4 Å². The summed E-state index contributed by atoms with van der Waals surface area (Å²) in [5.41, 5.74) is 0.940. The fourth-order valence-electron chi connectivity index (χ4n) is 8.32. The molecule has 3 aliphatic heterocycles. The zero-order chi connectivity index (χ0) is 39.0.